The summed E-state index contributed by atoms with van der Waals surface area (Å²) in [5.74, 6) is 0.0421. The van der Waals surface area contributed by atoms with Crippen LogP contribution in [0.4, 0.5) is 5.69 Å². The predicted molar refractivity (Wildman–Crippen MR) is 130 cm³/mol. The highest BCUT2D eigenvalue weighted by molar-refractivity contribution is 7.99. The van der Waals surface area contributed by atoms with E-state index in [2.05, 4.69) is 5.32 Å². The predicted octanol–water partition coefficient (Wildman–Crippen LogP) is 5.32. The van der Waals surface area contributed by atoms with Crippen molar-refractivity contribution in [3.63, 3.8) is 0 Å². The van der Waals surface area contributed by atoms with Crippen LogP contribution >= 0.6 is 23.1 Å². The monoisotopic (exact) mass is 449 g/mol. The number of hydrogen-bond donors (Lipinski definition) is 1. The maximum Gasteiger partial charge on any atom is 0.271 e. The Morgan fingerprint density at radius 3 is 2.61 bits per heavy atom. The SMILES string of the molecule is Cc1ccc(-c2csc3c(=O)n(C)c(SCC(=O)Nc4cccc(C)c4C)nc23)cc1. The Balaban J connectivity index is 1.60. The molecule has 2 aromatic carbocycles. The van der Waals surface area contributed by atoms with E-state index in [0.717, 1.165) is 27.9 Å². The van der Waals surface area contributed by atoms with E-state index in [0.29, 0.717) is 15.4 Å². The number of thioether (sulfide) groups is 1. The summed E-state index contributed by atoms with van der Waals surface area (Å²) in [6, 6.07) is 14.0. The van der Waals surface area contributed by atoms with E-state index >= 15 is 0 Å². The summed E-state index contributed by atoms with van der Waals surface area (Å²) >= 11 is 2.67. The second-order valence-electron chi connectivity index (χ2n) is 7.54. The Morgan fingerprint density at radius 2 is 1.87 bits per heavy atom. The van der Waals surface area contributed by atoms with Crippen molar-refractivity contribution < 1.29 is 4.79 Å². The van der Waals surface area contributed by atoms with E-state index < -0.39 is 0 Å². The summed E-state index contributed by atoms with van der Waals surface area (Å²) in [6.45, 7) is 6.04. The molecule has 4 rings (SSSR count). The van der Waals surface area contributed by atoms with E-state index in [1.165, 1.54) is 33.2 Å². The van der Waals surface area contributed by atoms with Crippen LogP contribution in [-0.2, 0) is 11.8 Å². The van der Waals surface area contributed by atoms with Gasteiger partial charge in [0.1, 0.15) is 4.70 Å². The lowest BCUT2D eigenvalue weighted by molar-refractivity contribution is -0.113. The van der Waals surface area contributed by atoms with Crippen LogP contribution in [0.15, 0.2) is 57.8 Å². The molecule has 0 aliphatic rings. The first-order valence-corrected chi connectivity index (χ1v) is 11.8. The Morgan fingerprint density at radius 1 is 1.13 bits per heavy atom. The average molecular weight is 450 g/mol. The summed E-state index contributed by atoms with van der Waals surface area (Å²) in [7, 11) is 1.70. The zero-order valence-corrected chi connectivity index (χ0v) is 19.5. The number of anilines is 1. The van der Waals surface area contributed by atoms with Crippen molar-refractivity contribution in [1.29, 1.82) is 0 Å². The fourth-order valence-electron chi connectivity index (χ4n) is 3.29. The second kappa shape index (κ2) is 8.69. The number of carbonyl (C=O) groups excluding carboxylic acids is 1. The van der Waals surface area contributed by atoms with Gasteiger partial charge in [-0.3, -0.25) is 14.2 Å². The largest absolute Gasteiger partial charge is 0.325 e. The topological polar surface area (TPSA) is 64.0 Å². The van der Waals surface area contributed by atoms with Crippen LogP contribution in [0.5, 0.6) is 0 Å². The molecule has 0 radical (unpaired) electrons. The molecule has 0 fully saturated rings. The van der Waals surface area contributed by atoms with Gasteiger partial charge in [-0.25, -0.2) is 4.98 Å². The summed E-state index contributed by atoms with van der Waals surface area (Å²) < 4.78 is 2.15. The molecule has 31 heavy (non-hydrogen) atoms. The van der Waals surface area contributed by atoms with Gasteiger partial charge in [0.15, 0.2) is 5.16 Å². The molecule has 0 bridgehead atoms. The summed E-state index contributed by atoms with van der Waals surface area (Å²) in [5.41, 5.74) is 6.73. The lowest BCUT2D eigenvalue weighted by atomic mass is 10.1. The summed E-state index contributed by atoms with van der Waals surface area (Å²) in [5, 5.41) is 5.46. The second-order valence-corrected chi connectivity index (χ2v) is 9.36. The van der Waals surface area contributed by atoms with E-state index in [9.17, 15) is 9.59 Å². The minimum absolute atomic E-state index is 0.0919. The Bertz CT molecular complexity index is 1340. The third-order valence-electron chi connectivity index (χ3n) is 5.33. The normalized spacial score (nSPS) is 11.1. The molecule has 1 amide bonds. The maximum absolute atomic E-state index is 12.9. The van der Waals surface area contributed by atoms with Gasteiger partial charge in [-0.2, -0.15) is 0 Å². The van der Waals surface area contributed by atoms with Gasteiger partial charge in [0.25, 0.3) is 5.56 Å². The standard InChI is InChI=1S/C24H23N3O2S2/c1-14-8-10-17(11-9-14)18-12-30-22-21(18)26-24(27(4)23(22)29)31-13-20(28)25-19-7-5-6-15(2)16(19)3/h5-12H,13H2,1-4H3,(H,25,28). The Hall–Kier alpha value is -2.90. The lowest BCUT2D eigenvalue weighted by Gasteiger charge is -2.11. The minimum atomic E-state index is -0.128. The number of thiophene rings is 1. The van der Waals surface area contributed by atoms with Gasteiger partial charge in [-0.05, 0) is 43.5 Å². The number of hydrogen-bond acceptors (Lipinski definition) is 5. The Kier molecular flexibility index (Phi) is 5.98. The molecule has 2 heterocycles. The molecule has 0 aliphatic carbocycles. The number of nitrogens with zero attached hydrogens (tertiary/aromatic N) is 2. The molecule has 7 heteroatoms. The first kappa shape index (κ1) is 21.3. The van der Waals surface area contributed by atoms with Crippen LogP contribution < -0.4 is 10.9 Å². The molecule has 0 unspecified atom stereocenters. The van der Waals surface area contributed by atoms with Crippen molar-refractivity contribution in [2.75, 3.05) is 11.1 Å². The molecule has 0 spiro atoms. The van der Waals surface area contributed by atoms with Crippen molar-refractivity contribution >= 4 is 44.9 Å². The highest BCUT2D eigenvalue weighted by atomic mass is 32.2. The van der Waals surface area contributed by atoms with Gasteiger partial charge in [-0.1, -0.05) is 53.7 Å². The molecule has 0 saturated heterocycles. The van der Waals surface area contributed by atoms with Gasteiger partial charge in [0.2, 0.25) is 5.91 Å². The zero-order chi connectivity index (χ0) is 22.1. The molecule has 0 saturated carbocycles. The molecule has 0 aliphatic heterocycles. The first-order valence-electron chi connectivity index (χ1n) is 9.89. The van der Waals surface area contributed by atoms with Crippen LogP contribution in [0.1, 0.15) is 16.7 Å². The van der Waals surface area contributed by atoms with Crippen LogP contribution in [0.2, 0.25) is 0 Å². The number of nitrogens with one attached hydrogen (secondary N) is 1. The fourth-order valence-corrected chi connectivity index (χ4v) is 5.05. The molecule has 2 aromatic heterocycles. The van der Waals surface area contributed by atoms with Crippen molar-refractivity contribution in [1.82, 2.24) is 9.55 Å². The van der Waals surface area contributed by atoms with E-state index in [1.807, 2.05) is 68.6 Å². The summed E-state index contributed by atoms with van der Waals surface area (Å²) in [4.78, 5) is 30.2. The van der Waals surface area contributed by atoms with Gasteiger partial charge in [-0.15, -0.1) is 11.3 Å². The van der Waals surface area contributed by atoms with E-state index in [1.54, 1.807) is 7.05 Å². The van der Waals surface area contributed by atoms with Crippen molar-refractivity contribution in [3.05, 3.63) is 74.9 Å². The zero-order valence-electron chi connectivity index (χ0n) is 17.9. The summed E-state index contributed by atoms with van der Waals surface area (Å²) in [6.07, 6.45) is 0. The van der Waals surface area contributed by atoms with Crippen LogP contribution in [0, 0.1) is 20.8 Å². The third kappa shape index (κ3) is 4.29. The smallest absolute Gasteiger partial charge is 0.271 e. The molecule has 5 nitrogen and oxygen atoms in total. The molecule has 4 aromatic rings. The molecular weight excluding hydrogens is 426 g/mol. The highest BCUT2D eigenvalue weighted by Gasteiger charge is 2.16. The van der Waals surface area contributed by atoms with Gasteiger partial charge >= 0.3 is 0 Å². The Labute approximate surface area is 189 Å². The van der Waals surface area contributed by atoms with Crippen LogP contribution in [-0.4, -0.2) is 21.2 Å². The number of fused-ring (bicyclic) bond motifs is 1. The molecule has 1 N–H and O–H groups in total. The number of benzene rings is 2. The third-order valence-corrected chi connectivity index (χ3v) is 7.32. The van der Waals surface area contributed by atoms with Crippen LogP contribution in [0.3, 0.4) is 0 Å². The number of rotatable bonds is 5. The number of amides is 1. The number of aromatic nitrogens is 2. The maximum atomic E-state index is 12.9. The van der Waals surface area contributed by atoms with Crippen molar-refractivity contribution in [3.8, 4) is 11.1 Å². The lowest BCUT2D eigenvalue weighted by Crippen LogP contribution is -2.21. The molecule has 0 atom stereocenters. The first-order chi connectivity index (χ1) is 14.8. The van der Waals surface area contributed by atoms with Crippen molar-refractivity contribution in [2.24, 2.45) is 7.05 Å². The van der Waals surface area contributed by atoms with Gasteiger partial charge in [0.05, 0.1) is 11.3 Å². The van der Waals surface area contributed by atoms with Crippen LogP contribution in [0.25, 0.3) is 21.3 Å². The van der Waals surface area contributed by atoms with Crippen molar-refractivity contribution in [2.45, 2.75) is 25.9 Å². The number of carbonyl (C=O) groups is 1. The van der Waals surface area contributed by atoms with E-state index in [4.69, 9.17) is 4.98 Å². The van der Waals surface area contributed by atoms with Gasteiger partial charge in [0, 0.05) is 23.7 Å². The molecular formula is C24H23N3O2S2. The average Bonchev–Trinajstić information content (AvgIpc) is 3.17. The van der Waals surface area contributed by atoms with Gasteiger partial charge < -0.3 is 5.32 Å². The quantitative estimate of drug-likeness (QED) is 0.331. The highest BCUT2D eigenvalue weighted by Crippen LogP contribution is 2.32. The number of aryl methyl sites for hydroxylation is 2. The fraction of sp³-hybridized carbons (Fsp3) is 0.208. The minimum Gasteiger partial charge on any atom is -0.325 e. The molecule has 158 valence electrons. The van der Waals surface area contributed by atoms with E-state index in [-0.39, 0.29) is 17.2 Å².